The van der Waals surface area contributed by atoms with Crippen molar-refractivity contribution in [3.63, 3.8) is 0 Å². The molecule has 10 heteroatoms. The first-order valence-electron chi connectivity index (χ1n) is 13.3. The second-order valence-corrected chi connectivity index (χ2v) is 11.5. The molecule has 38 heavy (non-hydrogen) atoms. The Morgan fingerprint density at radius 3 is 2.34 bits per heavy atom. The van der Waals surface area contributed by atoms with Crippen LogP contribution in [0.2, 0.25) is 0 Å². The minimum atomic E-state index is -3.62. The summed E-state index contributed by atoms with van der Waals surface area (Å²) in [6, 6.07) is 10.2. The number of aliphatic hydroxyl groups is 1. The van der Waals surface area contributed by atoms with Crippen LogP contribution in [0.1, 0.15) is 56.7 Å². The van der Waals surface area contributed by atoms with Crippen LogP contribution in [0.3, 0.4) is 0 Å². The lowest BCUT2D eigenvalue weighted by molar-refractivity contribution is -0.122. The van der Waals surface area contributed by atoms with Crippen LogP contribution in [-0.4, -0.2) is 61.3 Å². The summed E-state index contributed by atoms with van der Waals surface area (Å²) in [6.07, 6.45) is 1.08. The molecule has 0 spiro atoms. The number of halogens is 2. The molecule has 7 nitrogen and oxygen atoms in total. The third kappa shape index (κ3) is 10.8. The van der Waals surface area contributed by atoms with Crippen LogP contribution >= 0.6 is 0 Å². The number of hydrogen-bond acceptors (Lipinski definition) is 5. The average Bonchev–Trinajstić information content (AvgIpc) is 2.87. The van der Waals surface area contributed by atoms with Gasteiger partial charge in [-0.25, -0.2) is 21.5 Å². The molecule has 3 N–H and O–H groups in total. The number of aliphatic hydroxyl groups excluding tert-OH is 1. The smallest absolute Gasteiger partial charge is 0.221 e. The Morgan fingerprint density at radius 1 is 1.03 bits per heavy atom. The minimum Gasteiger partial charge on any atom is -0.390 e. The van der Waals surface area contributed by atoms with Crippen LogP contribution in [0.15, 0.2) is 42.5 Å². The molecular formula is C28H41F2N3O4S. The minimum absolute atomic E-state index is 0.0288. The number of nitrogens with zero attached hydrogens (tertiary/aromatic N) is 1. The molecule has 2 aromatic carbocycles. The molecule has 0 aromatic heterocycles. The number of sulfonamides is 1. The lowest BCUT2D eigenvalue weighted by Gasteiger charge is -2.25. The number of benzene rings is 2. The second-order valence-electron chi connectivity index (χ2n) is 9.44. The van der Waals surface area contributed by atoms with Crippen LogP contribution < -0.4 is 10.6 Å². The molecule has 0 saturated heterocycles. The number of unbranched alkanes of at least 4 members (excludes halogenated alkanes) is 1. The van der Waals surface area contributed by atoms with E-state index < -0.39 is 39.7 Å². The van der Waals surface area contributed by atoms with Crippen LogP contribution in [0.4, 0.5) is 8.78 Å². The van der Waals surface area contributed by atoms with Gasteiger partial charge < -0.3 is 15.7 Å². The fourth-order valence-electron chi connectivity index (χ4n) is 4.19. The van der Waals surface area contributed by atoms with E-state index in [0.29, 0.717) is 19.6 Å². The molecule has 2 rings (SSSR count). The topological polar surface area (TPSA) is 98.7 Å². The van der Waals surface area contributed by atoms with Gasteiger partial charge in [-0.2, -0.15) is 0 Å². The van der Waals surface area contributed by atoms with Gasteiger partial charge >= 0.3 is 0 Å². The summed E-state index contributed by atoms with van der Waals surface area (Å²) in [5.74, 6) is -2.44. The van der Waals surface area contributed by atoms with Gasteiger partial charge in [0.1, 0.15) is 11.6 Å². The second kappa shape index (κ2) is 15.9. The Balaban J connectivity index is 2.06. The standard InChI is InChI=1S/C28H41F2N3O4S/c1-4-7-12-33(6-3)38(36,37)13-11-28(35)32-26(17-23-15-24(29)18-25(30)16-23)27(34)20-31-19-22-10-8-9-21(5-2)14-22/h8-10,14-16,18,26-27,31,34H,4-7,11-13,17,19-20H2,1-3H3,(H,32,35)/t26-,27+/m0/s1. The van der Waals surface area contributed by atoms with Gasteiger partial charge in [0.25, 0.3) is 0 Å². The molecule has 0 bridgehead atoms. The molecule has 0 unspecified atom stereocenters. The lowest BCUT2D eigenvalue weighted by atomic mass is 10.0. The van der Waals surface area contributed by atoms with Gasteiger partial charge in [0.2, 0.25) is 15.9 Å². The summed E-state index contributed by atoms with van der Waals surface area (Å²) in [5.41, 5.74) is 2.50. The van der Waals surface area contributed by atoms with E-state index in [1.54, 1.807) is 6.92 Å². The van der Waals surface area contributed by atoms with E-state index in [9.17, 15) is 27.1 Å². The molecule has 0 heterocycles. The first-order chi connectivity index (χ1) is 18.1. The number of aryl methyl sites for hydroxylation is 1. The number of carbonyl (C=O) groups excluding carboxylic acids is 1. The van der Waals surface area contributed by atoms with Gasteiger partial charge in [-0.3, -0.25) is 4.79 Å². The van der Waals surface area contributed by atoms with Crippen molar-refractivity contribution in [1.82, 2.24) is 14.9 Å². The normalized spacial score (nSPS) is 13.4. The highest BCUT2D eigenvalue weighted by molar-refractivity contribution is 7.89. The highest BCUT2D eigenvalue weighted by Gasteiger charge is 2.25. The lowest BCUT2D eigenvalue weighted by Crippen LogP contribution is -2.49. The number of nitrogens with one attached hydrogen (secondary N) is 2. The SMILES string of the molecule is CCCCN(CC)S(=O)(=O)CCC(=O)N[C@@H](Cc1cc(F)cc(F)c1)[C@H](O)CNCc1cccc(CC)c1. The largest absolute Gasteiger partial charge is 0.390 e. The predicted octanol–water partition coefficient (Wildman–Crippen LogP) is 3.55. The maximum absolute atomic E-state index is 13.8. The third-order valence-corrected chi connectivity index (χ3v) is 8.31. The zero-order valence-corrected chi connectivity index (χ0v) is 23.4. The van der Waals surface area contributed by atoms with Crippen molar-refractivity contribution in [3.05, 3.63) is 70.8 Å². The van der Waals surface area contributed by atoms with E-state index >= 15 is 0 Å². The fraction of sp³-hybridized carbons (Fsp3) is 0.536. The van der Waals surface area contributed by atoms with Gasteiger partial charge in [0.15, 0.2) is 0 Å². The summed E-state index contributed by atoms with van der Waals surface area (Å²) in [4.78, 5) is 12.7. The monoisotopic (exact) mass is 553 g/mol. The number of rotatable bonds is 17. The van der Waals surface area contributed by atoms with Crippen molar-refractivity contribution in [2.45, 2.75) is 71.6 Å². The van der Waals surface area contributed by atoms with Crippen molar-refractivity contribution in [2.75, 3.05) is 25.4 Å². The molecule has 0 radical (unpaired) electrons. The van der Waals surface area contributed by atoms with Crippen LogP contribution in [0.25, 0.3) is 0 Å². The van der Waals surface area contributed by atoms with E-state index in [1.165, 1.54) is 9.87 Å². The average molecular weight is 554 g/mol. The van der Waals surface area contributed by atoms with E-state index in [2.05, 4.69) is 23.6 Å². The molecule has 1 amide bonds. The van der Waals surface area contributed by atoms with E-state index in [-0.39, 0.29) is 30.7 Å². The van der Waals surface area contributed by atoms with Gasteiger partial charge in [-0.1, -0.05) is 51.5 Å². The molecule has 2 atom stereocenters. The predicted molar refractivity (Wildman–Crippen MR) is 146 cm³/mol. The van der Waals surface area contributed by atoms with Gasteiger partial charge in [0, 0.05) is 38.7 Å². The zero-order chi connectivity index (χ0) is 28.1. The first kappa shape index (κ1) is 31.8. The number of carbonyl (C=O) groups is 1. The van der Waals surface area contributed by atoms with Gasteiger partial charge in [0.05, 0.1) is 17.9 Å². The summed E-state index contributed by atoms with van der Waals surface area (Å²) >= 11 is 0. The highest BCUT2D eigenvalue weighted by atomic mass is 32.2. The summed E-state index contributed by atoms with van der Waals surface area (Å²) in [6.45, 7) is 7.11. The Bertz CT molecular complexity index is 1110. The van der Waals surface area contributed by atoms with Crippen molar-refractivity contribution >= 4 is 15.9 Å². The maximum Gasteiger partial charge on any atom is 0.221 e. The van der Waals surface area contributed by atoms with Gasteiger partial charge in [-0.15, -0.1) is 0 Å². The summed E-state index contributed by atoms with van der Waals surface area (Å²) in [5, 5.41) is 16.7. The molecule has 2 aromatic rings. The van der Waals surface area contributed by atoms with Crippen molar-refractivity contribution in [1.29, 1.82) is 0 Å². The van der Waals surface area contributed by atoms with Crippen LogP contribution in [0.5, 0.6) is 0 Å². The maximum atomic E-state index is 13.8. The third-order valence-electron chi connectivity index (χ3n) is 6.37. The molecule has 0 fully saturated rings. The molecule has 0 saturated carbocycles. The van der Waals surface area contributed by atoms with Crippen LogP contribution in [-0.2, 0) is 34.2 Å². The highest BCUT2D eigenvalue weighted by Crippen LogP contribution is 2.13. The Morgan fingerprint density at radius 2 is 1.71 bits per heavy atom. The van der Waals surface area contributed by atoms with Crippen molar-refractivity contribution in [3.8, 4) is 0 Å². The molecular weight excluding hydrogens is 512 g/mol. The molecule has 0 aliphatic carbocycles. The van der Waals surface area contributed by atoms with Gasteiger partial charge in [-0.05, 0) is 48.1 Å². The Kier molecular flexibility index (Phi) is 13.3. The Hall–Kier alpha value is -2.40. The van der Waals surface area contributed by atoms with Crippen molar-refractivity contribution in [2.24, 2.45) is 0 Å². The molecule has 0 aliphatic rings. The van der Waals surface area contributed by atoms with E-state index in [0.717, 1.165) is 43.0 Å². The Labute approximate surface area is 225 Å². The zero-order valence-electron chi connectivity index (χ0n) is 22.6. The summed E-state index contributed by atoms with van der Waals surface area (Å²) < 4.78 is 54.3. The number of hydrogen-bond donors (Lipinski definition) is 3. The molecule has 0 aliphatic heterocycles. The van der Waals surface area contributed by atoms with Crippen molar-refractivity contribution < 1.29 is 27.1 Å². The van der Waals surface area contributed by atoms with E-state index in [1.807, 2.05) is 25.1 Å². The quantitative estimate of drug-likeness (QED) is 0.278. The van der Waals surface area contributed by atoms with Crippen LogP contribution in [0, 0.1) is 11.6 Å². The fourth-order valence-corrected chi connectivity index (χ4v) is 5.69. The summed E-state index contributed by atoms with van der Waals surface area (Å²) in [7, 11) is -3.62. The number of amides is 1. The first-order valence-corrected chi connectivity index (χ1v) is 14.9. The van der Waals surface area contributed by atoms with E-state index in [4.69, 9.17) is 0 Å². The molecule has 212 valence electrons.